The third-order valence-corrected chi connectivity index (χ3v) is 4.38. The molecule has 0 bridgehead atoms. The molecule has 106 valence electrons. The van der Waals surface area contributed by atoms with Crippen LogP contribution in [0.15, 0.2) is 33.9 Å². The van der Waals surface area contributed by atoms with Gasteiger partial charge in [-0.15, -0.1) is 11.3 Å². The van der Waals surface area contributed by atoms with E-state index in [4.69, 9.17) is 5.21 Å². The molecule has 0 fully saturated rings. The fourth-order valence-corrected chi connectivity index (χ4v) is 3.29. The lowest BCUT2D eigenvalue weighted by atomic mass is 10.3. The second-order valence-corrected chi connectivity index (χ2v) is 6.07. The van der Waals surface area contributed by atoms with E-state index in [1.54, 1.807) is 0 Å². The standard InChI is InChI=1S/C10H9FN4O3S2/c1-6(14-16)8-5-19-10(13-8)15-20(17,18)9-7(11)3-2-4-12-9/h2-5,16H,1H3,(H,13,15)/b14-6-. The summed E-state index contributed by atoms with van der Waals surface area (Å²) in [5.74, 6) is -0.954. The summed E-state index contributed by atoms with van der Waals surface area (Å²) >= 11 is 0.977. The number of anilines is 1. The summed E-state index contributed by atoms with van der Waals surface area (Å²) in [4.78, 5) is 7.40. The number of halogens is 1. The van der Waals surface area contributed by atoms with Crippen LogP contribution >= 0.6 is 11.3 Å². The van der Waals surface area contributed by atoms with Gasteiger partial charge in [0.2, 0.25) is 5.03 Å². The first-order chi connectivity index (χ1) is 9.44. The molecule has 2 heterocycles. The van der Waals surface area contributed by atoms with E-state index in [0.29, 0.717) is 5.69 Å². The topological polar surface area (TPSA) is 105 Å². The highest BCUT2D eigenvalue weighted by Gasteiger charge is 2.22. The first-order valence-electron chi connectivity index (χ1n) is 5.22. The van der Waals surface area contributed by atoms with E-state index in [1.165, 1.54) is 24.6 Å². The fourth-order valence-electron chi connectivity index (χ4n) is 1.27. The molecule has 0 aliphatic carbocycles. The molecule has 0 amide bonds. The van der Waals surface area contributed by atoms with Crippen LogP contribution in [0.5, 0.6) is 0 Å². The number of nitrogens with one attached hydrogen (secondary N) is 1. The minimum Gasteiger partial charge on any atom is -0.411 e. The molecule has 0 aliphatic heterocycles. The Morgan fingerprint density at radius 1 is 1.55 bits per heavy atom. The molecule has 0 spiro atoms. The van der Waals surface area contributed by atoms with Crippen LogP contribution in [-0.4, -0.2) is 29.3 Å². The highest BCUT2D eigenvalue weighted by atomic mass is 32.2. The van der Waals surface area contributed by atoms with Crippen LogP contribution in [0.25, 0.3) is 0 Å². The van der Waals surface area contributed by atoms with Crippen molar-refractivity contribution in [3.05, 3.63) is 35.2 Å². The van der Waals surface area contributed by atoms with Gasteiger partial charge in [-0.3, -0.25) is 4.72 Å². The molecular formula is C10H9FN4O3S2. The van der Waals surface area contributed by atoms with E-state index in [1.807, 2.05) is 0 Å². The Morgan fingerprint density at radius 2 is 2.30 bits per heavy atom. The van der Waals surface area contributed by atoms with Crippen molar-refractivity contribution in [1.82, 2.24) is 9.97 Å². The molecule has 0 aromatic carbocycles. The predicted octanol–water partition coefficient (Wildman–Crippen LogP) is 1.68. The van der Waals surface area contributed by atoms with E-state index in [-0.39, 0.29) is 10.8 Å². The van der Waals surface area contributed by atoms with Gasteiger partial charge in [0.05, 0.1) is 0 Å². The molecule has 2 aromatic rings. The largest absolute Gasteiger partial charge is 0.411 e. The first-order valence-corrected chi connectivity index (χ1v) is 7.58. The Labute approximate surface area is 117 Å². The van der Waals surface area contributed by atoms with E-state index in [0.717, 1.165) is 17.4 Å². The van der Waals surface area contributed by atoms with Crippen molar-refractivity contribution in [3.8, 4) is 0 Å². The lowest BCUT2D eigenvalue weighted by Crippen LogP contribution is -2.16. The smallest absolute Gasteiger partial charge is 0.284 e. The number of oxime groups is 1. The molecule has 10 heteroatoms. The number of sulfonamides is 1. The van der Waals surface area contributed by atoms with Crippen molar-refractivity contribution in [3.63, 3.8) is 0 Å². The maximum atomic E-state index is 13.4. The Bertz CT molecular complexity index is 757. The highest BCUT2D eigenvalue weighted by Crippen LogP contribution is 2.20. The number of aromatic nitrogens is 2. The molecule has 0 aliphatic rings. The van der Waals surface area contributed by atoms with Crippen molar-refractivity contribution in [2.75, 3.05) is 4.72 Å². The van der Waals surface area contributed by atoms with E-state index >= 15 is 0 Å². The van der Waals surface area contributed by atoms with Gasteiger partial charge in [0.1, 0.15) is 11.4 Å². The number of nitrogens with zero attached hydrogens (tertiary/aromatic N) is 3. The Kier molecular flexibility index (Phi) is 3.95. The van der Waals surface area contributed by atoms with Crippen LogP contribution in [-0.2, 0) is 10.0 Å². The van der Waals surface area contributed by atoms with Gasteiger partial charge in [0, 0.05) is 11.6 Å². The van der Waals surface area contributed by atoms with Gasteiger partial charge in [-0.05, 0) is 19.1 Å². The summed E-state index contributed by atoms with van der Waals surface area (Å²) in [6, 6.07) is 2.29. The summed E-state index contributed by atoms with van der Waals surface area (Å²) in [5.41, 5.74) is 0.549. The SMILES string of the molecule is C/C(=N/O)c1csc(NS(=O)(=O)c2ncccc2F)n1. The van der Waals surface area contributed by atoms with Crippen LogP contribution in [0, 0.1) is 5.82 Å². The quantitative estimate of drug-likeness (QED) is 0.507. The third kappa shape index (κ3) is 2.91. The average Bonchev–Trinajstić information content (AvgIpc) is 2.85. The third-order valence-electron chi connectivity index (χ3n) is 2.23. The Morgan fingerprint density at radius 3 is 2.95 bits per heavy atom. The zero-order valence-electron chi connectivity index (χ0n) is 10.1. The number of rotatable bonds is 4. The molecule has 0 unspecified atom stereocenters. The van der Waals surface area contributed by atoms with E-state index in [9.17, 15) is 12.8 Å². The highest BCUT2D eigenvalue weighted by molar-refractivity contribution is 7.92. The van der Waals surface area contributed by atoms with Crippen LogP contribution in [0.4, 0.5) is 9.52 Å². The molecule has 0 saturated carbocycles. The molecule has 2 N–H and O–H groups in total. The van der Waals surface area contributed by atoms with Crippen LogP contribution in [0.3, 0.4) is 0 Å². The molecule has 0 radical (unpaired) electrons. The van der Waals surface area contributed by atoms with Gasteiger partial charge in [-0.1, -0.05) is 5.16 Å². The minimum absolute atomic E-state index is 0.0213. The van der Waals surface area contributed by atoms with Gasteiger partial charge in [-0.25, -0.2) is 14.4 Å². The summed E-state index contributed by atoms with van der Waals surface area (Å²) in [7, 11) is -4.15. The molecule has 2 aromatic heterocycles. The zero-order valence-corrected chi connectivity index (χ0v) is 11.7. The molecule has 7 nitrogen and oxygen atoms in total. The molecule has 0 saturated heterocycles. The molecule has 2 rings (SSSR count). The minimum atomic E-state index is -4.15. The van der Waals surface area contributed by atoms with Crippen LogP contribution < -0.4 is 4.72 Å². The van der Waals surface area contributed by atoms with Crippen LogP contribution in [0.2, 0.25) is 0 Å². The van der Waals surface area contributed by atoms with Crippen molar-refractivity contribution in [1.29, 1.82) is 0 Å². The Hall–Kier alpha value is -2.07. The lowest BCUT2D eigenvalue weighted by Gasteiger charge is -2.04. The average molecular weight is 316 g/mol. The van der Waals surface area contributed by atoms with Crippen molar-refractivity contribution in [2.45, 2.75) is 11.9 Å². The predicted molar refractivity (Wildman–Crippen MR) is 71.1 cm³/mol. The van der Waals surface area contributed by atoms with Gasteiger partial charge in [-0.2, -0.15) is 8.42 Å². The Balaban J connectivity index is 2.30. The second-order valence-electron chi connectivity index (χ2n) is 3.62. The van der Waals surface area contributed by atoms with Gasteiger partial charge in [0.25, 0.3) is 10.0 Å². The molecular weight excluding hydrogens is 307 g/mol. The van der Waals surface area contributed by atoms with E-state index < -0.39 is 20.9 Å². The van der Waals surface area contributed by atoms with E-state index in [2.05, 4.69) is 19.8 Å². The normalized spacial score (nSPS) is 12.4. The van der Waals surface area contributed by atoms with Crippen molar-refractivity contribution >= 4 is 32.2 Å². The van der Waals surface area contributed by atoms with Crippen molar-refractivity contribution < 1.29 is 18.0 Å². The van der Waals surface area contributed by atoms with Crippen molar-refractivity contribution in [2.24, 2.45) is 5.16 Å². The number of thiazole rings is 1. The van der Waals surface area contributed by atoms with Gasteiger partial charge in [0.15, 0.2) is 10.9 Å². The fraction of sp³-hybridized carbons (Fsp3) is 0.100. The number of pyridine rings is 1. The number of hydrogen-bond acceptors (Lipinski definition) is 7. The summed E-state index contributed by atoms with van der Waals surface area (Å²) in [6.07, 6.45) is 1.17. The zero-order chi connectivity index (χ0) is 14.8. The lowest BCUT2D eigenvalue weighted by molar-refractivity contribution is 0.319. The summed E-state index contributed by atoms with van der Waals surface area (Å²) < 4.78 is 39.4. The maximum Gasteiger partial charge on any atom is 0.284 e. The number of hydrogen-bond donors (Lipinski definition) is 2. The first kappa shape index (κ1) is 14.3. The summed E-state index contributed by atoms with van der Waals surface area (Å²) in [5, 5.41) is 12.4. The van der Waals surface area contributed by atoms with Gasteiger partial charge >= 0.3 is 0 Å². The summed E-state index contributed by atoms with van der Waals surface area (Å²) in [6.45, 7) is 1.51. The maximum absolute atomic E-state index is 13.4. The van der Waals surface area contributed by atoms with Crippen LogP contribution in [0.1, 0.15) is 12.6 Å². The second kappa shape index (κ2) is 5.51. The molecule has 0 atom stereocenters. The van der Waals surface area contributed by atoms with Gasteiger partial charge < -0.3 is 5.21 Å². The molecule has 20 heavy (non-hydrogen) atoms. The monoisotopic (exact) mass is 316 g/mol.